The van der Waals surface area contributed by atoms with E-state index in [4.69, 9.17) is 4.74 Å². The van der Waals surface area contributed by atoms with E-state index in [1.807, 2.05) is 59.4 Å². The third-order valence-corrected chi connectivity index (χ3v) is 4.48. The molecule has 6 heteroatoms. The molecule has 6 nitrogen and oxygen atoms in total. The van der Waals surface area contributed by atoms with Crippen molar-refractivity contribution in [2.75, 3.05) is 5.32 Å². The number of carbonyl (C=O) groups is 2. The zero-order valence-electron chi connectivity index (χ0n) is 15.9. The van der Waals surface area contributed by atoms with E-state index in [2.05, 4.69) is 5.32 Å². The lowest BCUT2D eigenvalue weighted by molar-refractivity contribution is 0.0698. The largest absolute Gasteiger partial charge is 0.478 e. The van der Waals surface area contributed by atoms with Crippen LogP contribution in [-0.4, -0.2) is 21.6 Å². The van der Waals surface area contributed by atoms with Gasteiger partial charge in [0.05, 0.1) is 11.3 Å². The van der Waals surface area contributed by atoms with Gasteiger partial charge in [-0.05, 0) is 60.7 Å². The van der Waals surface area contributed by atoms with Gasteiger partial charge in [0, 0.05) is 29.7 Å². The first-order valence-corrected chi connectivity index (χ1v) is 9.25. The van der Waals surface area contributed by atoms with Gasteiger partial charge in [-0.3, -0.25) is 4.79 Å². The van der Waals surface area contributed by atoms with E-state index in [1.54, 1.807) is 30.3 Å². The summed E-state index contributed by atoms with van der Waals surface area (Å²) in [6.07, 6.45) is 3.82. The highest BCUT2D eigenvalue weighted by Gasteiger charge is 2.15. The number of anilines is 1. The van der Waals surface area contributed by atoms with Crippen LogP contribution in [0.3, 0.4) is 0 Å². The first kappa shape index (κ1) is 19.0. The Balaban J connectivity index is 1.56. The number of rotatable bonds is 6. The van der Waals surface area contributed by atoms with Gasteiger partial charge in [-0.25, -0.2) is 4.79 Å². The molecular weight excluding hydrogens is 380 g/mol. The van der Waals surface area contributed by atoms with Crippen LogP contribution in [0.4, 0.5) is 5.69 Å². The third kappa shape index (κ3) is 4.23. The molecule has 4 aromatic rings. The summed E-state index contributed by atoms with van der Waals surface area (Å²) in [6.45, 7) is 0. The van der Waals surface area contributed by atoms with Gasteiger partial charge in [-0.2, -0.15) is 0 Å². The molecule has 0 aliphatic rings. The molecule has 30 heavy (non-hydrogen) atoms. The summed E-state index contributed by atoms with van der Waals surface area (Å²) in [5, 5.41) is 12.2. The number of nitrogens with zero attached hydrogens (tertiary/aromatic N) is 1. The summed E-state index contributed by atoms with van der Waals surface area (Å²) < 4.78 is 7.68. The highest BCUT2D eigenvalue weighted by molar-refractivity contribution is 6.08. The molecule has 0 aliphatic heterocycles. The Morgan fingerprint density at radius 2 is 1.50 bits per heavy atom. The smallest absolute Gasteiger partial charge is 0.337 e. The quantitative estimate of drug-likeness (QED) is 0.467. The van der Waals surface area contributed by atoms with Crippen molar-refractivity contribution >= 4 is 17.6 Å². The molecule has 4 rings (SSSR count). The normalized spacial score (nSPS) is 10.4. The fourth-order valence-corrected chi connectivity index (χ4v) is 2.99. The van der Waals surface area contributed by atoms with Crippen LogP contribution in [0.15, 0.2) is 97.3 Å². The molecular formula is C24H18N2O4. The average Bonchev–Trinajstić information content (AvgIpc) is 3.29. The van der Waals surface area contributed by atoms with Crippen LogP contribution in [0.5, 0.6) is 11.5 Å². The molecule has 2 N–H and O–H groups in total. The van der Waals surface area contributed by atoms with E-state index < -0.39 is 11.9 Å². The van der Waals surface area contributed by atoms with Crippen LogP contribution >= 0.6 is 0 Å². The molecule has 0 radical (unpaired) electrons. The molecule has 0 atom stereocenters. The predicted molar refractivity (Wildman–Crippen MR) is 114 cm³/mol. The van der Waals surface area contributed by atoms with Crippen molar-refractivity contribution in [3.8, 4) is 17.2 Å². The highest BCUT2D eigenvalue weighted by atomic mass is 16.5. The number of aromatic nitrogens is 1. The van der Waals surface area contributed by atoms with E-state index in [9.17, 15) is 14.7 Å². The van der Waals surface area contributed by atoms with Gasteiger partial charge in [0.1, 0.15) is 11.5 Å². The minimum Gasteiger partial charge on any atom is -0.478 e. The Bertz CT molecular complexity index is 1170. The van der Waals surface area contributed by atoms with Gasteiger partial charge in [-0.15, -0.1) is 0 Å². The molecule has 0 spiro atoms. The van der Waals surface area contributed by atoms with E-state index >= 15 is 0 Å². The van der Waals surface area contributed by atoms with Crippen molar-refractivity contribution < 1.29 is 19.4 Å². The van der Waals surface area contributed by atoms with Crippen LogP contribution in [0.2, 0.25) is 0 Å². The number of hydrogen-bond donors (Lipinski definition) is 2. The molecule has 1 aromatic heterocycles. The Hall–Kier alpha value is -4.32. The number of aromatic carboxylic acids is 1. The van der Waals surface area contributed by atoms with Crippen molar-refractivity contribution in [2.45, 2.75) is 0 Å². The summed E-state index contributed by atoms with van der Waals surface area (Å²) in [5.41, 5.74) is 1.47. The minimum absolute atomic E-state index is 0.0206. The number of carboxylic acids is 1. The second-order valence-corrected chi connectivity index (χ2v) is 6.52. The first-order valence-electron chi connectivity index (χ1n) is 9.25. The maximum Gasteiger partial charge on any atom is 0.337 e. The van der Waals surface area contributed by atoms with Crippen LogP contribution in [-0.2, 0) is 0 Å². The summed E-state index contributed by atoms with van der Waals surface area (Å²) in [7, 11) is 0. The molecule has 148 valence electrons. The van der Waals surface area contributed by atoms with E-state index in [0.29, 0.717) is 17.1 Å². The van der Waals surface area contributed by atoms with E-state index in [-0.39, 0.29) is 11.3 Å². The summed E-state index contributed by atoms with van der Waals surface area (Å²) >= 11 is 0. The van der Waals surface area contributed by atoms with Crippen LogP contribution < -0.4 is 10.1 Å². The number of para-hydroxylation sites is 1. The van der Waals surface area contributed by atoms with Crippen LogP contribution in [0.25, 0.3) is 5.69 Å². The monoisotopic (exact) mass is 398 g/mol. The Morgan fingerprint density at radius 3 is 2.17 bits per heavy atom. The van der Waals surface area contributed by atoms with Gasteiger partial charge in [0.2, 0.25) is 0 Å². The topological polar surface area (TPSA) is 80.6 Å². The standard InChI is InChI=1S/C24H18N2O4/c27-23(17-8-10-18(11-9-17)26-14-4-5-15-26)25-22-16-20(12-13-21(22)24(28)29)30-19-6-2-1-3-7-19/h1-16H,(H,25,27)(H,28,29). The molecule has 0 saturated heterocycles. The van der Waals surface area contributed by atoms with Crippen molar-refractivity contribution in [1.29, 1.82) is 0 Å². The average molecular weight is 398 g/mol. The number of carboxylic acid groups (broad SMARTS) is 1. The zero-order valence-corrected chi connectivity index (χ0v) is 15.9. The maximum absolute atomic E-state index is 12.7. The second kappa shape index (κ2) is 8.36. The van der Waals surface area contributed by atoms with Crippen LogP contribution in [0.1, 0.15) is 20.7 Å². The first-order chi connectivity index (χ1) is 14.6. The fraction of sp³-hybridized carbons (Fsp3) is 0. The molecule has 0 fully saturated rings. The maximum atomic E-state index is 12.7. The lowest BCUT2D eigenvalue weighted by Crippen LogP contribution is -2.15. The molecule has 0 aliphatic carbocycles. The number of benzene rings is 3. The molecule has 3 aromatic carbocycles. The molecule has 0 bridgehead atoms. The molecule has 0 saturated carbocycles. The van der Waals surface area contributed by atoms with Gasteiger partial charge >= 0.3 is 5.97 Å². The SMILES string of the molecule is O=C(Nc1cc(Oc2ccccc2)ccc1C(=O)O)c1ccc(-n2cccc2)cc1. The Labute approximate surface area is 173 Å². The van der Waals surface area contributed by atoms with Crippen molar-refractivity contribution in [1.82, 2.24) is 4.57 Å². The lowest BCUT2D eigenvalue weighted by atomic mass is 10.1. The van der Waals surface area contributed by atoms with Gasteiger partial charge in [0.25, 0.3) is 5.91 Å². The van der Waals surface area contributed by atoms with Gasteiger partial charge in [0.15, 0.2) is 0 Å². The van der Waals surface area contributed by atoms with Gasteiger partial charge < -0.3 is 19.7 Å². The number of hydrogen-bond acceptors (Lipinski definition) is 3. The van der Waals surface area contributed by atoms with E-state index in [1.165, 1.54) is 12.1 Å². The summed E-state index contributed by atoms with van der Waals surface area (Å²) in [5.74, 6) is -0.518. The number of amides is 1. The highest BCUT2D eigenvalue weighted by Crippen LogP contribution is 2.27. The van der Waals surface area contributed by atoms with Gasteiger partial charge in [-0.1, -0.05) is 18.2 Å². The molecule has 0 unspecified atom stereocenters. The number of nitrogens with one attached hydrogen (secondary N) is 1. The van der Waals surface area contributed by atoms with Crippen molar-refractivity contribution in [3.63, 3.8) is 0 Å². The molecule has 1 amide bonds. The Morgan fingerprint density at radius 1 is 0.800 bits per heavy atom. The third-order valence-electron chi connectivity index (χ3n) is 4.48. The number of carbonyl (C=O) groups excluding carboxylic acids is 1. The number of ether oxygens (including phenoxy) is 1. The summed E-state index contributed by atoms with van der Waals surface area (Å²) in [6, 6.07) is 24.4. The summed E-state index contributed by atoms with van der Waals surface area (Å²) in [4.78, 5) is 24.3. The minimum atomic E-state index is -1.14. The molecule has 1 heterocycles. The van der Waals surface area contributed by atoms with E-state index in [0.717, 1.165) is 5.69 Å². The second-order valence-electron chi connectivity index (χ2n) is 6.52. The zero-order chi connectivity index (χ0) is 20.9. The lowest BCUT2D eigenvalue weighted by Gasteiger charge is -2.12. The van der Waals surface area contributed by atoms with Crippen molar-refractivity contribution in [2.24, 2.45) is 0 Å². The Kier molecular flexibility index (Phi) is 5.30. The fourth-order valence-electron chi connectivity index (χ4n) is 2.99. The van der Waals surface area contributed by atoms with Crippen molar-refractivity contribution in [3.05, 3.63) is 108 Å². The van der Waals surface area contributed by atoms with Crippen LogP contribution in [0, 0.1) is 0 Å². The predicted octanol–water partition coefficient (Wildman–Crippen LogP) is 5.22.